The van der Waals surface area contributed by atoms with Gasteiger partial charge in [0.15, 0.2) is 0 Å². The summed E-state index contributed by atoms with van der Waals surface area (Å²) in [6.45, 7) is 2.46. The molecule has 2 aromatic rings. The van der Waals surface area contributed by atoms with Gasteiger partial charge in [-0.05, 0) is 51.4 Å². The molecule has 7 nitrogen and oxygen atoms in total. The third-order valence-corrected chi connectivity index (χ3v) is 6.25. The molecule has 0 atom stereocenters. The number of allylic oxidation sites excluding steroid dienone is 1. The van der Waals surface area contributed by atoms with E-state index >= 15 is 0 Å². The molecule has 1 aliphatic heterocycles. The van der Waals surface area contributed by atoms with E-state index in [1.54, 1.807) is 0 Å². The van der Waals surface area contributed by atoms with Crippen LogP contribution in [0, 0.1) is 0 Å². The predicted molar refractivity (Wildman–Crippen MR) is 107 cm³/mol. The highest BCUT2D eigenvalue weighted by molar-refractivity contribution is 7.20. The molecule has 1 N–H and O–H groups in total. The van der Waals surface area contributed by atoms with E-state index in [9.17, 15) is 9.59 Å². The van der Waals surface area contributed by atoms with Crippen molar-refractivity contribution in [3.05, 3.63) is 33.8 Å². The van der Waals surface area contributed by atoms with E-state index in [2.05, 4.69) is 26.4 Å². The number of carbonyl (C=O) groups excluding carboxylic acids is 1. The van der Waals surface area contributed by atoms with Crippen LogP contribution in [0.15, 0.2) is 22.6 Å². The minimum absolute atomic E-state index is 0.0561. The lowest BCUT2D eigenvalue weighted by molar-refractivity contribution is 0.0952. The second kappa shape index (κ2) is 8.21. The number of hydrogen-bond acceptors (Lipinski definition) is 6. The lowest BCUT2D eigenvalue weighted by Gasteiger charge is -2.25. The van der Waals surface area contributed by atoms with Crippen molar-refractivity contribution in [1.29, 1.82) is 0 Å². The number of carbonyl (C=O) groups is 1. The molecule has 0 aromatic carbocycles. The number of aromatic nitrogens is 3. The van der Waals surface area contributed by atoms with Crippen LogP contribution < -0.4 is 15.8 Å². The molecule has 1 fully saturated rings. The quantitative estimate of drug-likeness (QED) is 0.798. The standard InChI is InChI=1S/C19H25N5O2S/c25-16(20-10-9-14-7-3-1-4-8-14)15-13-21-18-24(17(15)26)22-19(27-18)23-11-5-2-6-12-23/h7,13H,1-6,8-12H2,(H,20,25). The largest absolute Gasteiger partial charge is 0.351 e. The van der Waals surface area contributed by atoms with E-state index in [4.69, 9.17) is 0 Å². The number of rotatable bonds is 5. The third kappa shape index (κ3) is 4.05. The maximum absolute atomic E-state index is 12.7. The van der Waals surface area contributed by atoms with Gasteiger partial charge in [-0.15, -0.1) is 5.10 Å². The van der Waals surface area contributed by atoms with Gasteiger partial charge in [0.05, 0.1) is 0 Å². The lowest BCUT2D eigenvalue weighted by atomic mass is 9.97. The minimum Gasteiger partial charge on any atom is -0.351 e. The van der Waals surface area contributed by atoms with E-state index in [0.717, 1.165) is 50.3 Å². The third-order valence-electron chi connectivity index (χ3n) is 5.26. The molecular formula is C19H25N5O2S. The topological polar surface area (TPSA) is 79.6 Å². The monoisotopic (exact) mass is 387 g/mol. The number of fused-ring (bicyclic) bond motifs is 1. The van der Waals surface area contributed by atoms with Crippen LogP contribution in [0.3, 0.4) is 0 Å². The Morgan fingerprint density at radius 1 is 1.19 bits per heavy atom. The van der Waals surface area contributed by atoms with Crippen LogP contribution in [-0.4, -0.2) is 40.1 Å². The van der Waals surface area contributed by atoms with Gasteiger partial charge in [-0.2, -0.15) is 4.52 Å². The highest BCUT2D eigenvalue weighted by Gasteiger charge is 2.19. The molecule has 1 aliphatic carbocycles. The van der Waals surface area contributed by atoms with Crippen molar-refractivity contribution in [1.82, 2.24) is 19.9 Å². The van der Waals surface area contributed by atoms with Crippen molar-refractivity contribution in [2.75, 3.05) is 24.5 Å². The first-order valence-corrected chi connectivity index (χ1v) is 10.6. The van der Waals surface area contributed by atoms with E-state index in [-0.39, 0.29) is 11.5 Å². The van der Waals surface area contributed by atoms with Crippen molar-refractivity contribution in [2.45, 2.75) is 51.4 Å². The molecule has 27 heavy (non-hydrogen) atoms. The average molecular weight is 388 g/mol. The maximum Gasteiger partial charge on any atom is 0.288 e. The van der Waals surface area contributed by atoms with Gasteiger partial charge in [-0.1, -0.05) is 23.0 Å². The Morgan fingerprint density at radius 2 is 2.04 bits per heavy atom. The molecule has 1 saturated heterocycles. The minimum atomic E-state index is -0.395. The fourth-order valence-corrected chi connectivity index (χ4v) is 4.62. The summed E-state index contributed by atoms with van der Waals surface area (Å²) in [6, 6.07) is 0. The Balaban J connectivity index is 1.46. The van der Waals surface area contributed by atoms with Gasteiger partial charge in [0, 0.05) is 25.8 Å². The fourth-order valence-electron chi connectivity index (χ4n) is 3.71. The molecule has 0 spiro atoms. The summed E-state index contributed by atoms with van der Waals surface area (Å²) in [4.78, 5) is 32.2. The van der Waals surface area contributed by atoms with Gasteiger partial charge in [-0.25, -0.2) is 4.98 Å². The maximum atomic E-state index is 12.7. The first-order chi connectivity index (χ1) is 13.2. The highest BCUT2D eigenvalue weighted by Crippen LogP contribution is 2.24. The highest BCUT2D eigenvalue weighted by atomic mass is 32.1. The molecule has 8 heteroatoms. The molecule has 0 radical (unpaired) electrons. The SMILES string of the molecule is O=C(NCCC1=CCCCC1)c1cnc2sc(N3CCCCC3)nn2c1=O. The van der Waals surface area contributed by atoms with E-state index < -0.39 is 5.56 Å². The summed E-state index contributed by atoms with van der Waals surface area (Å²) in [7, 11) is 0. The summed E-state index contributed by atoms with van der Waals surface area (Å²) in [5, 5.41) is 8.09. The summed E-state index contributed by atoms with van der Waals surface area (Å²) in [6.07, 6.45) is 12.7. The average Bonchev–Trinajstić information content (AvgIpc) is 3.15. The normalized spacial score (nSPS) is 17.8. The number of anilines is 1. The second-order valence-corrected chi connectivity index (χ2v) is 8.15. The Kier molecular flexibility index (Phi) is 5.52. The van der Waals surface area contributed by atoms with Gasteiger partial charge >= 0.3 is 0 Å². The molecular weight excluding hydrogens is 362 g/mol. The number of nitrogens with one attached hydrogen (secondary N) is 1. The zero-order chi connectivity index (χ0) is 18.6. The molecule has 144 valence electrons. The van der Waals surface area contributed by atoms with Gasteiger partial charge < -0.3 is 10.2 Å². The van der Waals surface area contributed by atoms with E-state index in [1.807, 2.05) is 0 Å². The number of hydrogen-bond donors (Lipinski definition) is 1. The lowest BCUT2D eigenvalue weighted by Crippen LogP contribution is -2.33. The smallest absolute Gasteiger partial charge is 0.288 e. The number of piperidine rings is 1. The zero-order valence-corrected chi connectivity index (χ0v) is 16.3. The molecule has 0 saturated carbocycles. The fraction of sp³-hybridized carbons (Fsp3) is 0.579. The van der Waals surface area contributed by atoms with Crippen LogP contribution in [0.5, 0.6) is 0 Å². The number of amides is 1. The molecule has 4 rings (SSSR count). The van der Waals surface area contributed by atoms with E-state index in [1.165, 1.54) is 46.9 Å². The van der Waals surface area contributed by atoms with Crippen LogP contribution in [0.1, 0.15) is 61.7 Å². The van der Waals surface area contributed by atoms with Crippen molar-refractivity contribution >= 4 is 27.3 Å². The first kappa shape index (κ1) is 18.2. The zero-order valence-electron chi connectivity index (χ0n) is 15.4. The molecule has 2 aromatic heterocycles. The Bertz CT molecular complexity index is 910. The summed E-state index contributed by atoms with van der Waals surface area (Å²) in [5.74, 6) is -0.370. The molecule has 3 heterocycles. The molecule has 0 unspecified atom stereocenters. The summed E-state index contributed by atoms with van der Waals surface area (Å²) >= 11 is 1.40. The van der Waals surface area contributed by atoms with Crippen LogP contribution in [-0.2, 0) is 0 Å². The van der Waals surface area contributed by atoms with Crippen LogP contribution in [0.4, 0.5) is 5.13 Å². The Morgan fingerprint density at radius 3 is 2.81 bits per heavy atom. The number of nitrogens with zero attached hydrogens (tertiary/aromatic N) is 4. The van der Waals surface area contributed by atoms with Crippen molar-refractivity contribution in [3.8, 4) is 0 Å². The Labute approximate surface area is 162 Å². The van der Waals surface area contributed by atoms with Crippen LogP contribution in [0.2, 0.25) is 0 Å². The van der Waals surface area contributed by atoms with Crippen molar-refractivity contribution in [3.63, 3.8) is 0 Å². The van der Waals surface area contributed by atoms with Crippen molar-refractivity contribution < 1.29 is 4.79 Å². The van der Waals surface area contributed by atoms with E-state index in [0.29, 0.717) is 11.5 Å². The van der Waals surface area contributed by atoms with Gasteiger partial charge in [0.2, 0.25) is 10.1 Å². The van der Waals surface area contributed by atoms with Crippen LogP contribution >= 0.6 is 11.3 Å². The second-order valence-electron chi connectivity index (χ2n) is 7.22. The molecule has 0 bridgehead atoms. The Hall–Kier alpha value is -2.22. The predicted octanol–water partition coefficient (Wildman–Crippen LogP) is 2.76. The van der Waals surface area contributed by atoms with Crippen LogP contribution in [0.25, 0.3) is 4.96 Å². The van der Waals surface area contributed by atoms with Gasteiger partial charge in [0.1, 0.15) is 5.56 Å². The first-order valence-electron chi connectivity index (χ1n) is 9.82. The van der Waals surface area contributed by atoms with Gasteiger partial charge in [0.25, 0.3) is 11.5 Å². The van der Waals surface area contributed by atoms with Gasteiger partial charge in [-0.3, -0.25) is 9.59 Å². The van der Waals surface area contributed by atoms with Crippen molar-refractivity contribution in [2.24, 2.45) is 0 Å². The molecule has 1 amide bonds. The summed E-state index contributed by atoms with van der Waals surface area (Å²) in [5.41, 5.74) is 1.06. The summed E-state index contributed by atoms with van der Waals surface area (Å²) < 4.78 is 1.27. The molecule has 2 aliphatic rings.